The standard InChI is InChI=1S/C16H25N3/c1-2-14(15-9-5-3-6-10-15)13-18-16(17)19-11-7-4-8-12-19/h3,5-6,9-10,14H,2,4,7-8,11-13H2,1H3,(H2,17,18). The Bertz CT molecular complexity index is 394. The van der Waals surface area contributed by atoms with Crippen LogP contribution in [0.2, 0.25) is 0 Å². The van der Waals surface area contributed by atoms with Crippen molar-refractivity contribution in [1.82, 2.24) is 4.90 Å². The smallest absolute Gasteiger partial charge is 0.191 e. The molecule has 1 fully saturated rings. The average Bonchev–Trinajstić information content (AvgIpc) is 2.49. The number of aliphatic imine (C=N–C) groups is 1. The van der Waals surface area contributed by atoms with Crippen molar-refractivity contribution in [3.8, 4) is 0 Å². The van der Waals surface area contributed by atoms with Crippen molar-refractivity contribution in [2.45, 2.75) is 38.5 Å². The number of hydrogen-bond acceptors (Lipinski definition) is 1. The van der Waals surface area contributed by atoms with Crippen LogP contribution in [0.25, 0.3) is 0 Å². The second-order valence-electron chi connectivity index (χ2n) is 5.26. The molecule has 0 radical (unpaired) electrons. The first-order valence-corrected chi connectivity index (χ1v) is 7.41. The summed E-state index contributed by atoms with van der Waals surface area (Å²) in [7, 11) is 0. The van der Waals surface area contributed by atoms with E-state index < -0.39 is 0 Å². The zero-order valence-corrected chi connectivity index (χ0v) is 11.9. The molecule has 0 aromatic heterocycles. The van der Waals surface area contributed by atoms with E-state index >= 15 is 0 Å². The summed E-state index contributed by atoms with van der Waals surface area (Å²) in [6.07, 6.45) is 4.91. The van der Waals surface area contributed by atoms with Gasteiger partial charge in [-0.05, 0) is 31.2 Å². The Kier molecular flexibility index (Phi) is 5.25. The molecule has 1 atom stereocenters. The van der Waals surface area contributed by atoms with Gasteiger partial charge in [-0.25, -0.2) is 0 Å². The van der Waals surface area contributed by atoms with Crippen molar-refractivity contribution in [3.05, 3.63) is 35.9 Å². The van der Waals surface area contributed by atoms with Crippen molar-refractivity contribution >= 4 is 5.96 Å². The van der Waals surface area contributed by atoms with Gasteiger partial charge in [-0.1, -0.05) is 37.3 Å². The highest BCUT2D eigenvalue weighted by molar-refractivity contribution is 5.78. The molecule has 3 heteroatoms. The summed E-state index contributed by atoms with van der Waals surface area (Å²) < 4.78 is 0. The van der Waals surface area contributed by atoms with Gasteiger partial charge in [0.1, 0.15) is 0 Å². The fraction of sp³-hybridized carbons (Fsp3) is 0.562. The van der Waals surface area contributed by atoms with E-state index in [4.69, 9.17) is 5.73 Å². The molecule has 0 saturated carbocycles. The number of benzene rings is 1. The van der Waals surface area contributed by atoms with Crippen LogP contribution in [0.15, 0.2) is 35.3 Å². The van der Waals surface area contributed by atoms with Gasteiger partial charge in [-0.3, -0.25) is 4.99 Å². The zero-order chi connectivity index (χ0) is 13.5. The lowest BCUT2D eigenvalue weighted by Crippen LogP contribution is -2.41. The van der Waals surface area contributed by atoms with Crippen LogP contribution in [0.4, 0.5) is 0 Å². The predicted octanol–water partition coefficient (Wildman–Crippen LogP) is 2.98. The molecular formula is C16H25N3. The Hall–Kier alpha value is -1.51. The minimum absolute atomic E-state index is 0.476. The molecule has 1 aliphatic heterocycles. The molecule has 1 aromatic carbocycles. The van der Waals surface area contributed by atoms with Gasteiger partial charge in [0.15, 0.2) is 5.96 Å². The second kappa shape index (κ2) is 7.17. The molecule has 2 N–H and O–H groups in total. The maximum Gasteiger partial charge on any atom is 0.191 e. The van der Waals surface area contributed by atoms with Crippen molar-refractivity contribution in [1.29, 1.82) is 0 Å². The SMILES string of the molecule is CCC(CN=C(N)N1CCCCC1)c1ccccc1. The van der Waals surface area contributed by atoms with Gasteiger partial charge in [0, 0.05) is 25.6 Å². The third-order valence-corrected chi connectivity index (χ3v) is 3.92. The number of likely N-dealkylation sites (tertiary alicyclic amines) is 1. The highest BCUT2D eigenvalue weighted by Gasteiger charge is 2.13. The van der Waals surface area contributed by atoms with Gasteiger partial charge in [0.2, 0.25) is 0 Å². The molecule has 1 heterocycles. The van der Waals surface area contributed by atoms with Crippen LogP contribution in [-0.4, -0.2) is 30.5 Å². The summed E-state index contributed by atoms with van der Waals surface area (Å²) in [5.74, 6) is 1.21. The molecule has 3 nitrogen and oxygen atoms in total. The lowest BCUT2D eigenvalue weighted by molar-refractivity contribution is 0.337. The summed E-state index contributed by atoms with van der Waals surface area (Å²) in [6, 6.07) is 10.6. The van der Waals surface area contributed by atoms with Crippen LogP contribution in [0.3, 0.4) is 0 Å². The largest absolute Gasteiger partial charge is 0.370 e. The van der Waals surface area contributed by atoms with Gasteiger partial charge in [0.25, 0.3) is 0 Å². The first kappa shape index (κ1) is 13.9. The van der Waals surface area contributed by atoms with Crippen LogP contribution in [-0.2, 0) is 0 Å². The minimum Gasteiger partial charge on any atom is -0.370 e. The lowest BCUT2D eigenvalue weighted by atomic mass is 9.97. The normalized spacial score (nSPS) is 18.4. The molecular weight excluding hydrogens is 234 g/mol. The summed E-state index contributed by atoms with van der Waals surface area (Å²) >= 11 is 0. The summed E-state index contributed by atoms with van der Waals surface area (Å²) in [4.78, 5) is 6.84. The summed E-state index contributed by atoms with van der Waals surface area (Å²) in [6.45, 7) is 5.14. The van der Waals surface area contributed by atoms with E-state index in [-0.39, 0.29) is 0 Å². The molecule has 1 aromatic rings. The van der Waals surface area contributed by atoms with Gasteiger partial charge in [0.05, 0.1) is 0 Å². The molecule has 1 aliphatic rings. The van der Waals surface area contributed by atoms with E-state index in [2.05, 4.69) is 47.1 Å². The van der Waals surface area contributed by atoms with Crippen LogP contribution in [0, 0.1) is 0 Å². The van der Waals surface area contributed by atoms with Crippen LogP contribution >= 0.6 is 0 Å². The van der Waals surface area contributed by atoms with Crippen molar-refractivity contribution in [2.75, 3.05) is 19.6 Å². The van der Waals surface area contributed by atoms with Crippen LogP contribution in [0.1, 0.15) is 44.1 Å². The van der Waals surface area contributed by atoms with E-state index in [1.165, 1.54) is 24.8 Å². The number of hydrogen-bond donors (Lipinski definition) is 1. The highest BCUT2D eigenvalue weighted by atomic mass is 15.2. The van der Waals surface area contributed by atoms with E-state index in [9.17, 15) is 0 Å². The Labute approximate surface area is 116 Å². The fourth-order valence-corrected chi connectivity index (χ4v) is 2.62. The van der Waals surface area contributed by atoms with Gasteiger partial charge in [-0.15, -0.1) is 0 Å². The van der Waals surface area contributed by atoms with Gasteiger partial charge < -0.3 is 10.6 Å². The second-order valence-corrected chi connectivity index (χ2v) is 5.26. The first-order valence-electron chi connectivity index (χ1n) is 7.41. The molecule has 0 spiro atoms. The van der Waals surface area contributed by atoms with Gasteiger partial charge >= 0.3 is 0 Å². The minimum atomic E-state index is 0.476. The van der Waals surface area contributed by atoms with E-state index in [0.29, 0.717) is 5.92 Å². The number of nitrogens with zero attached hydrogens (tertiary/aromatic N) is 2. The number of nitrogens with two attached hydrogens (primary N) is 1. The Morgan fingerprint density at radius 2 is 1.89 bits per heavy atom. The number of guanidine groups is 1. The number of rotatable bonds is 4. The Morgan fingerprint density at radius 3 is 2.53 bits per heavy atom. The van der Waals surface area contributed by atoms with Crippen molar-refractivity contribution in [2.24, 2.45) is 10.7 Å². The first-order chi connectivity index (χ1) is 9.31. The fourth-order valence-electron chi connectivity index (χ4n) is 2.62. The molecule has 1 saturated heterocycles. The highest BCUT2D eigenvalue weighted by Crippen LogP contribution is 2.19. The maximum absolute atomic E-state index is 6.11. The van der Waals surface area contributed by atoms with Gasteiger partial charge in [-0.2, -0.15) is 0 Å². The predicted molar refractivity (Wildman–Crippen MR) is 81.4 cm³/mol. The molecule has 19 heavy (non-hydrogen) atoms. The van der Waals surface area contributed by atoms with Crippen molar-refractivity contribution < 1.29 is 0 Å². The average molecular weight is 259 g/mol. The number of piperidine rings is 1. The van der Waals surface area contributed by atoms with Crippen LogP contribution in [0.5, 0.6) is 0 Å². The molecule has 1 unspecified atom stereocenters. The monoisotopic (exact) mass is 259 g/mol. The maximum atomic E-state index is 6.11. The molecule has 0 aliphatic carbocycles. The zero-order valence-electron chi connectivity index (χ0n) is 11.9. The molecule has 0 amide bonds. The van der Waals surface area contributed by atoms with E-state index in [1.54, 1.807) is 0 Å². The quantitative estimate of drug-likeness (QED) is 0.667. The lowest BCUT2D eigenvalue weighted by Gasteiger charge is -2.27. The van der Waals surface area contributed by atoms with E-state index in [0.717, 1.165) is 32.0 Å². The molecule has 0 bridgehead atoms. The third kappa shape index (κ3) is 3.98. The molecule has 104 valence electrons. The third-order valence-electron chi connectivity index (χ3n) is 3.92. The Balaban J connectivity index is 1.95. The molecule has 2 rings (SSSR count). The summed E-state index contributed by atoms with van der Waals surface area (Å²) in [5, 5.41) is 0. The van der Waals surface area contributed by atoms with Crippen molar-refractivity contribution in [3.63, 3.8) is 0 Å². The van der Waals surface area contributed by atoms with Crippen LogP contribution < -0.4 is 5.73 Å². The van der Waals surface area contributed by atoms with E-state index in [1.807, 2.05) is 0 Å². The summed E-state index contributed by atoms with van der Waals surface area (Å²) in [5.41, 5.74) is 7.47. The Morgan fingerprint density at radius 1 is 1.21 bits per heavy atom. The topological polar surface area (TPSA) is 41.6 Å².